The molecule has 0 unspecified atom stereocenters. The first-order valence-electron chi connectivity index (χ1n) is 10.5. The predicted octanol–water partition coefficient (Wildman–Crippen LogP) is 3.78. The van der Waals surface area contributed by atoms with Gasteiger partial charge in [0.05, 0.1) is 36.6 Å². The first kappa shape index (κ1) is 20.0. The number of pyridine rings is 1. The Kier molecular flexibility index (Phi) is 5.11. The molecule has 1 aromatic carbocycles. The molecule has 0 bridgehead atoms. The van der Waals surface area contributed by atoms with Gasteiger partial charge in [0.2, 0.25) is 0 Å². The standard InChI is InChI=1S/C23H25N3O5/c1-23(11-29-14-30-12-23)13-31-18-10-17(22(27)28)24-21-19(18)20(15-6-5-7-15)25-26(21)16-8-3-2-4-9-16/h2-4,8-10,15H,5-7,11-14H2,1H3,(H,27,28). The smallest absolute Gasteiger partial charge is 0.354 e. The maximum absolute atomic E-state index is 11.8. The van der Waals surface area contributed by atoms with Crippen molar-refractivity contribution in [3.63, 3.8) is 0 Å². The van der Waals surface area contributed by atoms with Crippen LogP contribution in [0.4, 0.5) is 0 Å². The molecule has 3 heterocycles. The Morgan fingerprint density at radius 3 is 2.65 bits per heavy atom. The number of fused-ring (bicyclic) bond motifs is 1. The number of carbonyl (C=O) groups is 1. The summed E-state index contributed by atoms with van der Waals surface area (Å²) in [6.45, 7) is 3.69. The van der Waals surface area contributed by atoms with Crippen molar-refractivity contribution >= 4 is 17.0 Å². The highest BCUT2D eigenvalue weighted by atomic mass is 16.7. The molecule has 0 amide bonds. The molecule has 2 aromatic heterocycles. The normalized spacial score (nSPS) is 18.6. The molecule has 8 heteroatoms. The van der Waals surface area contributed by atoms with Gasteiger partial charge in [0.25, 0.3) is 0 Å². The summed E-state index contributed by atoms with van der Waals surface area (Å²) in [7, 11) is 0. The minimum absolute atomic E-state index is 0.0685. The molecule has 0 radical (unpaired) electrons. The van der Waals surface area contributed by atoms with Crippen molar-refractivity contribution in [3.05, 3.63) is 47.8 Å². The van der Waals surface area contributed by atoms with E-state index in [0.717, 1.165) is 36.0 Å². The summed E-state index contributed by atoms with van der Waals surface area (Å²) in [5.74, 6) is -0.282. The third-order valence-electron chi connectivity index (χ3n) is 5.98. The van der Waals surface area contributed by atoms with Gasteiger partial charge in [0.15, 0.2) is 11.3 Å². The van der Waals surface area contributed by atoms with Crippen LogP contribution in [-0.2, 0) is 9.47 Å². The summed E-state index contributed by atoms with van der Waals surface area (Å²) >= 11 is 0. The van der Waals surface area contributed by atoms with Gasteiger partial charge in [-0.05, 0) is 25.0 Å². The largest absolute Gasteiger partial charge is 0.492 e. The second kappa shape index (κ2) is 7.94. The summed E-state index contributed by atoms with van der Waals surface area (Å²) < 4.78 is 18.9. The van der Waals surface area contributed by atoms with Crippen LogP contribution in [0.2, 0.25) is 0 Å². The van der Waals surface area contributed by atoms with Crippen molar-refractivity contribution in [2.45, 2.75) is 32.1 Å². The van der Waals surface area contributed by atoms with Gasteiger partial charge in [-0.25, -0.2) is 14.5 Å². The van der Waals surface area contributed by atoms with Crippen LogP contribution < -0.4 is 4.74 Å². The molecule has 1 N–H and O–H groups in total. The van der Waals surface area contributed by atoms with Crippen LogP contribution in [0.15, 0.2) is 36.4 Å². The van der Waals surface area contributed by atoms with Gasteiger partial charge < -0.3 is 19.3 Å². The highest BCUT2D eigenvalue weighted by Crippen LogP contribution is 2.42. The molecule has 1 aliphatic carbocycles. The first-order valence-corrected chi connectivity index (χ1v) is 10.5. The highest BCUT2D eigenvalue weighted by molar-refractivity contribution is 5.94. The monoisotopic (exact) mass is 423 g/mol. The number of nitrogens with zero attached hydrogens (tertiary/aromatic N) is 3. The molecule has 1 saturated carbocycles. The van der Waals surface area contributed by atoms with Gasteiger partial charge in [-0.15, -0.1) is 0 Å². The van der Waals surface area contributed by atoms with E-state index in [0.29, 0.717) is 37.1 Å². The average Bonchev–Trinajstić information content (AvgIpc) is 3.11. The van der Waals surface area contributed by atoms with Gasteiger partial charge in [0.1, 0.15) is 12.5 Å². The number of hydrogen-bond donors (Lipinski definition) is 1. The second-order valence-corrected chi connectivity index (χ2v) is 8.68. The van der Waals surface area contributed by atoms with Crippen LogP contribution in [0.1, 0.15) is 48.3 Å². The van der Waals surface area contributed by atoms with Gasteiger partial charge >= 0.3 is 5.97 Å². The molecule has 162 valence electrons. The lowest BCUT2D eigenvalue weighted by atomic mass is 9.82. The summed E-state index contributed by atoms with van der Waals surface area (Å²) in [5, 5.41) is 15.4. The summed E-state index contributed by atoms with van der Waals surface area (Å²) in [5.41, 5.74) is 1.87. The van der Waals surface area contributed by atoms with Crippen LogP contribution >= 0.6 is 0 Å². The number of ether oxygens (including phenoxy) is 3. The molecule has 1 aliphatic heterocycles. The zero-order valence-corrected chi connectivity index (χ0v) is 17.4. The third kappa shape index (κ3) is 3.77. The number of para-hydroxylation sites is 1. The Hall–Kier alpha value is -2.97. The van der Waals surface area contributed by atoms with E-state index in [-0.39, 0.29) is 17.9 Å². The van der Waals surface area contributed by atoms with Crippen molar-refractivity contribution < 1.29 is 24.1 Å². The Labute approximate surface area is 179 Å². The Morgan fingerprint density at radius 1 is 1.26 bits per heavy atom. The average molecular weight is 423 g/mol. The Morgan fingerprint density at radius 2 is 2.00 bits per heavy atom. The maximum Gasteiger partial charge on any atom is 0.354 e. The molecule has 8 nitrogen and oxygen atoms in total. The number of benzene rings is 1. The molecule has 5 rings (SSSR count). The Bertz CT molecular complexity index is 1100. The van der Waals surface area contributed by atoms with Gasteiger partial charge in [-0.2, -0.15) is 5.10 Å². The van der Waals surface area contributed by atoms with Gasteiger partial charge in [-0.3, -0.25) is 0 Å². The molecule has 1 saturated heterocycles. The molecule has 0 atom stereocenters. The van der Waals surface area contributed by atoms with E-state index in [1.54, 1.807) is 4.68 Å². The molecule has 2 aliphatic rings. The molecular weight excluding hydrogens is 398 g/mol. The maximum atomic E-state index is 11.8. The lowest BCUT2D eigenvalue weighted by Crippen LogP contribution is -2.39. The van der Waals surface area contributed by atoms with E-state index in [1.807, 2.05) is 37.3 Å². The minimum Gasteiger partial charge on any atom is -0.492 e. The fourth-order valence-electron chi connectivity index (χ4n) is 4.06. The lowest BCUT2D eigenvalue weighted by molar-refractivity contribution is -0.167. The number of carboxylic acid groups (broad SMARTS) is 1. The lowest BCUT2D eigenvalue weighted by Gasteiger charge is -2.32. The number of hydrogen-bond acceptors (Lipinski definition) is 6. The first-order chi connectivity index (χ1) is 15.0. The quantitative estimate of drug-likeness (QED) is 0.645. The molecular formula is C23H25N3O5. The van der Waals surface area contributed by atoms with Crippen molar-refractivity contribution in [1.29, 1.82) is 0 Å². The number of aromatic carboxylic acids is 1. The fraction of sp³-hybridized carbons (Fsp3) is 0.435. The van der Waals surface area contributed by atoms with Crippen LogP contribution in [0, 0.1) is 5.41 Å². The summed E-state index contributed by atoms with van der Waals surface area (Å²) in [6.07, 6.45) is 3.27. The molecule has 31 heavy (non-hydrogen) atoms. The van der Waals surface area contributed by atoms with E-state index in [2.05, 4.69) is 4.98 Å². The van der Waals surface area contributed by atoms with E-state index < -0.39 is 5.97 Å². The third-order valence-corrected chi connectivity index (χ3v) is 5.98. The van der Waals surface area contributed by atoms with E-state index in [4.69, 9.17) is 19.3 Å². The topological polar surface area (TPSA) is 95.7 Å². The van der Waals surface area contributed by atoms with Gasteiger partial charge in [-0.1, -0.05) is 31.5 Å². The van der Waals surface area contributed by atoms with Crippen LogP contribution in [-0.4, -0.2) is 52.5 Å². The highest BCUT2D eigenvalue weighted by Gasteiger charge is 2.32. The van der Waals surface area contributed by atoms with Gasteiger partial charge in [0, 0.05) is 17.4 Å². The van der Waals surface area contributed by atoms with E-state index in [9.17, 15) is 9.90 Å². The van der Waals surface area contributed by atoms with Crippen molar-refractivity contribution in [2.24, 2.45) is 5.41 Å². The van der Waals surface area contributed by atoms with Crippen LogP contribution in [0.25, 0.3) is 16.7 Å². The Balaban J connectivity index is 1.64. The van der Waals surface area contributed by atoms with E-state index in [1.165, 1.54) is 6.07 Å². The summed E-state index contributed by atoms with van der Waals surface area (Å²) in [6, 6.07) is 11.2. The van der Waals surface area contributed by atoms with Crippen LogP contribution in [0.3, 0.4) is 0 Å². The number of rotatable bonds is 6. The molecule has 0 spiro atoms. The second-order valence-electron chi connectivity index (χ2n) is 8.68. The van der Waals surface area contributed by atoms with Crippen LogP contribution in [0.5, 0.6) is 5.75 Å². The molecule has 3 aromatic rings. The molecule has 2 fully saturated rings. The predicted molar refractivity (Wildman–Crippen MR) is 113 cm³/mol. The van der Waals surface area contributed by atoms with Crippen molar-refractivity contribution in [3.8, 4) is 11.4 Å². The zero-order valence-electron chi connectivity index (χ0n) is 17.4. The fourth-order valence-corrected chi connectivity index (χ4v) is 4.06. The minimum atomic E-state index is -1.10. The zero-order chi connectivity index (χ0) is 21.4. The number of carboxylic acids is 1. The van der Waals surface area contributed by atoms with Crippen molar-refractivity contribution in [1.82, 2.24) is 14.8 Å². The van der Waals surface area contributed by atoms with E-state index >= 15 is 0 Å². The van der Waals surface area contributed by atoms with Crippen molar-refractivity contribution in [2.75, 3.05) is 26.6 Å². The summed E-state index contributed by atoms with van der Waals surface area (Å²) in [4.78, 5) is 16.3. The number of aromatic nitrogens is 3. The SMILES string of the molecule is CC1(COc2cc(C(=O)O)nc3c2c(C2CCC2)nn3-c2ccccc2)COCOC1.